The number of hydrogen-bond donors (Lipinski definition) is 0. The zero-order chi connectivity index (χ0) is 14.5. The zero-order valence-corrected chi connectivity index (χ0v) is 13.5. The summed E-state index contributed by atoms with van der Waals surface area (Å²) < 4.78 is 0. The third kappa shape index (κ3) is 4.36. The molecule has 18 heavy (non-hydrogen) atoms. The lowest BCUT2D eigenvalue weighted by atomic mass is 9.76. The molecule has 0 N–H and O–H groups in total. The minimum atomic E-state index is 0.212. The van der Waals surface area contributed by atoms with Crippen LogP contribution in [-0.2, 0) is 0 Å². The lowest BCUT2D eigenvalue weighted by Gasteiger charge is -2.31. The normalized spacial score (nSPS) is 13.1. The van der Waals surface area contributed by atoms with Crippen LogP contribution in [-0.4, -0.2) is 19.0 Å². The lowest BCUT2D eigenvalue weighted by molar-refractivity contribution is 0.387. The van der Waals surface area contributed by atoms with Gasteiger partial charge in [0.15, 0.2) is 0 Å². The molecule has 0 unspecified atom stereocenters. The Balaban J connectivity index is 5.47. The van der Waals surface area contributed by atoms with Gasteiger partial charge in [-0.25, -0.2) is 0 Å². The summed E-state index contributed by atoms with van der Waals surface area (Å²) in [7, 11) is 4.08. The summed E-state index contributed by atoms with van der Waals surface area (Å²) in [5.41, 5.74) is 5.02. The van der Waals surface area contributed by atoms with Crippen molar-refractivity contribution in [3.8, 4) is 0 Å². The molecule has 0 aromatic heterocycles. The molecule has 0 bridgehead atoms. The van der Waals surface area contributed by atoms with E-state index in [4.69, 9.17) is 0 Å². The molecule has 0 atom stereocenters. The Kier molecular flexibility index (Phi) is 6.45. The molecule has 104 valence electrons. The third-order valence-corrected chi connectivity index (χ3v) is 3.80. The first-order valence-corrected chi connectivity index (χ1v) is 6.89. The first-order chi connectivity index (χ1) is 8.15. The van der Waals surface area contributed by atoms with Gasteiger partial charge >= 0.3 is 0 Å². The van der Waals surface area contributed by atoms with E-state index >= 15 is 0 Å². The van der Waals surface area contributed by atoms with Crippen molar-refractivity contribution in [1.82, 2.24) is 4.90 Å². The molecule has 0 rings (SSSR count). The Morgan fingerprint density at radius 1 is 1.11 bits per heavy atom. The fraction of sp³-hybridized carbons (Fsp3) is 0.647. The third-order valence-electron chi connectivity index (χ3n) is 3.80. The summed E-state index contributed by atoms with van der Waals surface area (Å²) >= 11 is 0. The molecule has 0 spiro atoms. The molecule has 0 saturated heterocycles. The second-order valence-corrected chi connectivity index (χ2v) is 6.11. The van der Waals surface area contributed by atoms with E-state index in [0.29, 0.717) is 0 Å². The van der Waals surface area contributed by atoms with Gasteiger partial charge in [0.05, 0.1) is 0 Å². The van der Waals surface area contributed by atoms with Crippen molar-refractivity contribution in [2.45, 2.75) is 53.9 Å². The number of unbranched alkanes of at least 4 members (excludes halogenated alkanes) is 1. The van der Waals surface area contributed by atoms with Gasteiger partial charge in [0, 0.05) is 19.8 Å². The molecule has 0 aliphatic rings. The van der Waals surface area contributed by atoms with E-state index in [1.54, 1.807) is 0 Å². The average molecular weight is 249 g/mol. The molecule has 1 heteroatoms. The molecule has 0 aromatic carbocycles. The number of hydrogen-bond acceptors (Lipinski definition) is 1. The number of rotatable bonds is 7. The van der Waals surface area contributed by atoms with Gasteiger partial charge in [-0.1, -0.05) is 52.3 Å². The van der Waals surface area contributed by atoms with E-state index in [1.807, 2.05) is 14.1 Å². The van der Waals surface area contributed by atoms with Crippen LogP contribution in [0.2, 0.25) is 0 Å². The van der Waals surface area contributed by atoms with Crippen LogP contribution in [0.3, 0.4) is 0 Å². The van der Waals surface area contributed by atoms with Crippen LogP contribution < -0.4 is 0 Å². The van der Waals surface area contributed by atoms with Crippen molar-refractivity contribution >= 4 is 0 Å². The van der Waals surface area contributed by atoms with Gasteiger partial charge in [-0.2, -0.15) is 0 Å². The van der Waals surface area contributed by atoms with E-state index in [2.05, 4.69) is 52.7 Å². The minimum Gasteiger partial charge on any atom is -0.378 e. The van der Waals surface area contributed by atoms with Crippen molar-refractivity contribution < 1.29 is 0 Å². The fourth-order valence-corrected chi connectivity index (χ4v) is 2.15. The Bertz CT molecular complexity index is 343. The van der Waals surface area contributed by atoms with Crippen LogP contribution in [0.15, 0.2) is 35.6 Å². The highest BCUT2D eigenvalue weighted by atomic mass is 15.1. The fourth-order valence-electron chi connectivity index (χ4n) is 2.15. The Morgan fingerprint density at radius 3 is 1.94 bits per heavy atom. The standard InChI is InChI=1S/C17H31N/c1-10-11-12-17(6,7)14(4)16(13(2)3)15(5)18(8)9/h2,5,10-12H2,1,3-4,6-9H3/b16-14-. The molecule has 0 aromatic rings. The number of nitrogens with zero attached hydrogens (tertiary/aromatic N) is 1. The van der Waals surface area contributed by atoms with Crippen molar-refractivity contribution in [2.75, 3.05) is 14.1 Å². The molecule has 0 aliphatic heterocycles. The van der Waals surface area contributed by atoms with Crippen LogP contribution in [0.1, 0.15) is 53.9 Å². The van der Waals surface area contributed by atoms with Crippen molar-refractivity contribution in [3.63, 3.8) is 0 Å². The highest BCUT2D eigenvalue weighted by Crippen LogP contribution is 2.37. The lowest BCUT2D eigenvalue weighted by Crippen LogP contribution is -2.20. The average Bonchev–Trinajstić information content (AvgIpc) is 2.25. The van der Waals surface area contributed by atoms with Crippen molar-refractivity contribution in [2.24, 2.45) is 5.41 Å². The summed E-state index contributed by atoms with van der Waals surface area (Å²) in [4.78, 5) is 2.07. The SMILES string of the molecule is C=C(C)/C(C(=C)N(C)C)=C(\C)C(C)(C)CCCC. The summed E-state index contributed by atoms with van der Waals surface area (Å²) in [6.45, 7) is 19.5. The zero-order valence-electron chi connectivity index (χ0n) is 13.5. The first-order valence-electron chi connectivity index (χ1n) is 6.89. The summed E-state index contributed by atoms with van der Waals surface area (Å²) in [6, 6.07) is 0. The summed E-state index contributed by atoms with van der Waals surface area (Å²) in [5, 5.41) is 0. The molecule has 1 nitrogen and oxygen atoms in total. The number of allylic oxidation sites excluding steroid dienone is 2. The molecule has 0 saturated carbocycles. The van der Waals surface area contributed by atoms with Crippen molar-refractivity contribution in [1.29, 1.82) is 0 Å². The highest BCUT2D eigenvalue weighted by molar-refractivity contribution is 5.46. The van der Waals surface area contributed by atoms with Crippen LogP contribution in [0, 0.1) is 5.41 Å². The van der Waals surface area contributed by atoms with Crippen molar-refractivity contribution in [3.05, 3.63) is 35.6 Å². The molecular weight excluding hydrogens is 218 g/mol. The van der Waals surface area contributed by atoms with E-state index < -0.39 is 0 Å². The molecule has 0 fully saturated rings. The van der Waals surface area contributed by atoms with E-state index in [0.717, 1.165) is 11.3 Å². The molecule has 0 amide bonds. The second kappa shape index (κ2) is 6.82. The van der Waals surface area contributed by atoms with E-state index in [1.165, 1.54) is 30.4 Å². The molecular formula is C17H31N. The summed E-state index contributed by atoms with van der Waals surface area (Å²) in [5.74, 6) is 0. The smallest absolute Gasteiger partial charge is 0.0363 e. The summed E-state index contributed by atoms with van der Waals surface area (Å²) in [6.07, 6.45) is 3.73. The van der Waals surface area contributed by atoms with Crippen LogP contribution in [0.25, 0.3) is 0 Å². The van der Waals surface area contributed by atoms with Crippen LogP contribution >= 0.6 is 0 Å². The highest BCUT2D eigenvalue weighted by Gasteiger charge is 2.24. The molecule has 0 heterocycles. The first kappa shape index (κ1) is 17.0. The van der Waals surface area contributed by atoms with Gasteiger partial charge in [0.1, 0.15) is 0 Å². The molecule has 0 radical (unpaired) electrons. The maximum Gasteiger partial charge on any atom is 0.0363 e. The Labute approximate surface area is 114 Å². The van der Waals surface area contributed by atoms with Gasteiger partial charge in [-0.05, 0) is 36.8 Å². The number of likely N-dealkylation sites (N-methyl/N-ethyl adjacent to an activating group) is 1. The molecule has 0 aliphatic carbocycles. The second-order valence-electron chi connectivity index (χ2n) is 6.11. The minimum absolute atomic E-state index is 0.212. The van der Waals surface area contributed by atoms with E-state index in [-0.39, 0.29) is 5.41 Å². The predicted octanol–water partition coefficient (Wildman–Crippen LogP) is 5.17. The Hall–Kier alpha value is -0.980. The van der Waals surface area contributed by atoms with Gasteiger partial charge in [-0.3, -0.25) is 0 Å². The topological polar surface area (TPSA) is 3.24 Å². The monoisotopic (exact) mass is 249 g/mol. The Morgan fingerprint density at radius 2 is 1.61 bits per heavy atom. The van der Waals surface area contributed by atoms with Gasteiger partial charge in [0.25, 0.3) is 0 Å². The predicted molar refractivity (Wildman–Crippen MR) is 83.6 cm³/mol. The maximum atomic E-state index is 4.20. The van der Waals surface area contributed by atoms with E-state index in [9.17, 15) is 0 Å². The van der Waals surface area contributed by atoms with Gasteiger partial charge < -0.3 is 4.90 Å². The maximum absolute atomic E-state index is 4.20. The van der Waals surface area contributed by atoms with Crippen LogP contribution in [0.5, 0.6) is 0 Å². The van der Waals surface area contributed by atoms with Gasteiger partial charge in [-0.15, -0.1) is 0 Å². The largest absolute Gasteiger partial charge is 0.378 e. The quantitative estimate of drug-likeness (QED) is 0.563. The van der Waals surface area contributed by atoms with Crippen LogP contribution in [0.4, 0.5) is 0 Å². The van der Waals surface area contributed by atoms with Gasteiger partial charge in [0.2, 0.25) is 0 Å².